The van der Waals surface area contributed by atoms with Crippen LogP contribution in [-0.4, -0.2) is 10.6 Å². The highest BCUT2D eigenvalue weighted by atomic mass is 16.5. The average molecular weight is 180 g/mol. The van der Waals surface area contributed by atoms with Crippen LogP contribution in [-0.2, 0) is 0 Å². The summed E-state index contributed by atoms with van der Waals surface area (Å²) in [5, 5.41) is 0. The second kappa shape index (κ2) is 3.24. The summed E-state index contributed by atoms with van der Waals surface area (Å²) >= 11 is 0. The van der Waals surface area contributed by atoms with E-state index in [0.717, 1.165) is 5.56 Å². The lowest BCUT2D eigenvalue weighted by atomic mass is 10.2. The quantitative estimate of drug-likeness (QED) is 0.720. The first-order valence-corrected chi connectivity index (χ1v) is 4.29. The standard InChI is InChI=1S/C10H16N2O/c1-7-5-9(12-6-8(7)11)13-10(2,3)4/h5-6H,11H2,1-4H3. The van der Waals surface area contributed by atoms with Crippen LogP contribution in [0.25, 0.3) is 0 Å². The summed E-state index contributed by atoms with van der Waals surface area (Å²) in [5.74, 6) is 0.624. The van der Waals surface area contributed by atoms with Crippen molar-refractivity contribution in [3.63, 3.8) is 0 Å². The van der Waals surface area contributed by atoms with Crippen LogP contribution in [0.2, 0.25) is 0 Å². The Morgan fingerprint density at radius 2 is 2.00 bits per heavy atom. The fourth-order valence-electron chi connectivity index (χ4n) is 0.910. The van der Waals surface area contributed by atoms with Crippen molar-refractivity contribution in [3.8, 4) is 5.88 Å². The molecule has 0 spiro atoms. The van der Waals surface area contributed by atoms with Crippen molar-refractivity contribution in [1.82, 2.24) is 4.98 Å². The molecule has 0 unspecified atom stereocenters. The van der Waals surface area contributed by atoms with Crippen molar-refractivity contribution < 1.29 is 4.74 Å². The molecule has 3 heteroatoms. The molecule has 0 aromatic carbocycles. The van der Waals surface area contributed by atoms with E-state index in [1.54, 1.807) is 6.20 Å². The molecule has 2 N–H and O–H groups in total. The molecular weight excluding hydrogens is 164 g/mol. The van der Waals surface area contributed by atoms with Crippen LogP contribution in [0.1, 0.15) is 26.3 Å². The van der Waals surface area contributed by atoms with Crippen molar-refractivity contribution in [2.75, 3.05) is 5.73 Å². The van der Waals surface area contributed by atoms with Gasteiger partial charge in [-0.25, -0.2) is 4.98 Å². The Bertz CT molecular complexity index is 302. The molecule has 0 bridgehead atoms. The Kier molecular flexibility index (Phi) is 2.45. The summed E-state index contributed by atoms with van der Waals surface area (Å²) in [6.45, 7) is 7.90. The molecule has 72 valence electrons. The summed E-state index contributed by atoms with van der Waals surface area (Å²) in [5.41, 5.74) is 7.11. The van der Waals surface area contributed by atoms with Gasteiger partial charge >= 0.3 is 0 Å². The average Bonchev–Trinajstić information content (AvgIpc) is 1.94. The van der Waals surface area contributed by atoms with E-state index in [9.17, 15) is 0 Å². The van der Waals surface area contributed by atoms with Crippen LogP contribution in [0.3, 0.4) is 0 Å². The van der Waals surface area contributed by atoms with Crippen molar-refractivity contribution in [3.05, 3.63) is 17.8 Å². The van der Waals surface area contributed by atoms with Gasteiger partial charge in [0.15, 0.2) is 0 Å². The normalized spacial score (nSPS) is 11.4. The topological polar surface area (TPSA) is 48.1 Å². The van der Waals surface area contributed by atoms with Crippen LogP contribution < -0.4 is 10.5 Å². The second-order valence-electron chi connectivity index (χ2n) is 4.09. The first-order chi connectivity index (χ1) is 5.88. The number of rotatable bonds is 1. The lowest BCUT2D eigenvalue weighted by Crippen LogP contribution is -2.23. The van der Waals surface area contributed by atoms with E-state index in [-0.39, 0.29) is 5.60 Å². The second-order valence-corrected chi connectivity index (χ2v) is 4.09. The third-order valence-electron chi connectivity index (χ3n) is 1.54. The number of nitrogens with two attached hydrogens (primary N) is 1. The van der Waals surface area contributed by atoms with Gasteiger partial charge in [0.1, 0.15) is 5.60 Å². The van der Waals surface area contributed by atoms with E-state index >= 15 is 0 Å². The van der Waals surface area contributed by atoms with Crippen molar-refractivity contribution in [1.29, 1.82) is 0 Å². The number of ether oxygens (including phenoxy) is 1. The van der Waals surface area contributed by atoms with Crippen LogP contribution >= 0.6 is 0 Å². The highest BCUT2D eigenvalue weighted by Crippen LogP contribution is 2.19. The van der Waals surface area contributed by atoms with Crippen LogP contribution in [0, 0.1) is 6.92 Å². The summed E-state index contributed by atoms with van der Waals surface area (Å²) in [7, 11) is 0. The monoisotopic (exact) mass is 180 g/mol. The van der Waals surface area contributed by atoms with Gasteiger partial charge in [0, 0.05) is 6.07 Å². The van der Waals surface area contributed by atoms with Crippen LogP contribution in [0.5, 0.6) is 5.88 Å². The summed E-state index contributed by atoms with van der Waals surface area (Å²) < 4.78 is 5.57. The maximum atomic E-state index is 5.63. The number of aromatic nitrogens is 1. The Balaban J connectivity index is 2.86. The molecule has 0 fully saturated rings. The van der Waals surface area contributed by atoms with Gasteiger partial charge in [-0.2, -0.15) is 0 Å². The van der Waals surface area contributed by atoms with Crippen LogP contribution in [0.15, 0.2) is 12.3 Å². The Morgan fingerprint density at radius 1 is 1.38 bits per heavy atom. The van der Waals surface area contributed by atoms with Crippen molar-refractivity contribution in [2.45, 2.75) is 33.3 Å². The number of hydrogen-bond acceptors (Lipinski definition) is 3. The van der Waals surface area contributed by atoms with Gasteiger partial charge in [-0.1, -0.05) is 0 Å². The molecule has 0 aliphatic heterocycles. The number of pyridine rings is 1. The zero-order valence-electron chi connectivity index (χ0n) is 8.59. The molecule has 1 aromatic rings. The molecule has 13 heavy (non-hydrogen) atoms. The highest BCUT2D eigenvalue weighted by Gasteiger charge is 2.12. The summed E-state index contributed by atoms with van der Waals surface area (Å²) in [6, 6.07) is 1.85. The fraction of sp³-hybridized carbons (Fsp3) is 0.500. The Hall–Kier alpha value is -1.25. The van der Waals surface area contributed by atoms with E-state index in [1.807, 2.05) is 33.8 Å². The van der Waals surface area contributed by atoms with Gasteiger partial charge in [0.2, 0.25) is 5.88 Å². The smallest absolute Gasteiger partial charge is 0.214 e. The number of hydrogen-bond donors (Lipinski definition) is 1. The SMILES string of the molecule is Cc1cc(OC(C)(C)C)ncc1N. The molecule has 0 aliphatic rings. The van der Waals surface area contributed by atoms with Gasteiger partial charge in [-0.15, -0.1) is 0 Å². The van der Waals surface area contributed by atoms with E-state index in [4.69, 9.17) is 10.5 Å². The van der Waals surface area contributed by atoms with E-state index < -0.39 is 0 Å². The minimum atomic E-state index is -0.213. The van der Waals surface area contributed by atoms with Gasteiger partial charge in [-0.05, 0) is 33.3 Å². The maximum absolute atomic E-state index is 5.63. The largest absolute Gasteiger partial charge is 0.472 e. The Labute approximate surface area is 78.9 Å². The third kappa shape index (κ3) is 2.93. The fourth-order valence-corrected chi connectivity index (χ4v) is 0.910. The number of aryl methyl sites for hydroxylation is 1. The number of anilines is 1. The minimum Gasteiger partial charge on any atom is -0.472 e. The molecule has 0 saturated heterocycles. The predicted octanol–water partition coefficient (Wildman–Crippen LogP) is 2.15. The number of nitrogen functional groups attached to an aromatic ring is 1. The summed E-state index contributed by atoms with van der Waals surface area (Å²) in [6.07, 6.45) is 1.62. The first kappa shape index (κ1) is 9.84. The van der Waals surface area contributed by atoms with Gasteiger partial charge in [-0.3, -0.25) is 0 Å². The van der Waals surface area contributed by atoms with E-state index in [0.29, 0.717) is 11.6 Å². The molecule has 1 aromatic heterocycles. The van der Waals surface area contributed by atoms with Crippen molar-refractivity contribution in [2.24, 2.45) is 0 Å². The molecule has 0 aliphatic carbocycles. The lowest BCUT2D eigenvalue weighted by molar-refractivity contribution is 0.124. The molecule has 3 nitrogen and oxygen atoms in total. The van der Waals surface area contributed by atoms with Crippen LogP contribution in [0.4, 0.5) is 5.69 Å². The zero-order valence-corrected chi connectivity index (χ0v) is 8.59. The molecule has 0 radical (unpaired) electrons. The summed E-state index contributed by atoms with van der Waals surface area (Å²) in [4.78, 5) is 4.08. The predicted molar refractivity (Wildman–Crippen MR) is 53.8 cm³/mol. The Morgan fingerprint density at radius 3 is 2.46 bits per heavy atom. The van der Waals surface area contributed by atoms with E-state index in [2.05, 4.69) is 4.98 Å². The molecule has 0 saturated carbocycles. The lowest BCUT2D eigenvalue weighted by Gasteiger charge is -2.20. The van der Waals surface area contributed by atoms with Crippen molar-refractivity contribution >= 4 is 5.69 Å². The minimum absolute atomic E-state index is 0.213. The molecule has 1 heterocycles. The molecular formula is C10H16N2O. The molecule has 0 atom stereocenters. The zero-order chi connectivity index (χ0) is 10.1. The van der Waals surface area contributed by atoms with Gasteiger partial charge < -0.3 is 10.5 Å². The van der Waals surface area contributed by atoms with Gasteiger partial charge in [0.25, 0.3) is 0 Å². The number of nitrogens with zero attached hydrogens (tertiary/aromatic N) is 1. The molecule has 0 amide bonds. The highest BCUT2D eigenvalue weighted by molar-refractivity contribution is 5.45. The first-order valence-electron chi connectivity index (χ1n) is 4.29. The van der Waals surface area contributed by atoms with E-state index in [1.165, 1.54) is 0 Å². The van der Waals surface area contributed by atoms with Gasteiger partial charge in [0.05, 0.1) is 11.9 Å². The maximum Gasteiger partial charge on any atom is 0.214 e. The molecule has 1 rings (SSSR count). The third-order valence-corrected chi connectivity index (χ3v) is 1.54.